The van der Waals surface area contributed by atoms with Crippen LogP contribution < -0.4 is 10.0 Å². The molecule has 0 bridgehead atoms. The fourth-order valence-electron chi connectivity index (χ4n) is 2.07. The summed E-state index contributed by atoms with van der Waals surface area (Å²) in [5.41, 5.74) is 0. The molecule has 0 radical (unpaired) electrons. The van der Waals surface area contributed by atoms with Gasteiger partial charge in [0, 0.05) is 32.2 Å². The van der Waals surface area contributed by atoms with Crippen LogP contribution in [0.15, 0.2) is 0 Å². The summed E-state index contributed by atoms with van der Waals surface area (Å²) in [6, 6.07) is 0.535. The number of nitrogens with one attached hydrogen (secondary N) is 2. The van der Waals surface area contributed by atoms with Crippen LogP contribution in [-0.2, 0) is 14.8 Å². The van der Waals surface area contributed by atoms with E-state index < -0.39 is 15.3 Å². The zero-order valence-corrected chi connectivity index (χ0v) is 12.6. The van der Waals surface area contributed by atoms with E-state index in [9.17, 15) is 8.42 Å². The van der Waals surface area contributed by atoms with E-state index in [1.165, 1.54) is 12.8 Å². The molecule has 7 heteroatoms. The van der Waals surface area contributed by atoms with Crippen molar-refractivity contribution < 1.29 is 13.2 Å². The molecule has 2 atom stereocenters. The van der Waals surface area contributed by atoms with Crippen LogP contribution in [0.3, 0.4) is 0 Å². The molecule has 0 spiro atoms. The highest BCUT2D eigenvalue weighted by atomic mass is 32.2. The average molecular weight is 291 g/mol. The van der Waals surface area contributed by atoms with Crippen molar-refractivity contribution in [3.8, 4) is 0 Å². The maximum Gasteiger partial charge on any atom is 0.215 e. The highest BCUT2D eigenvalue weighted by molar-refractivity contribution is 7.90. The van der Waals surface area contributed by atoms with Gasteiger partial charge in [-0.2, -0.15) is 0 Å². The van der Waals surface area contributed by atoms with E-state index in [1.54, 1.807) is 6.92 Å². The van der Waals surface area contributed by atoms with Gasteiger partial charge in [0.05, 0.1) is 18.0 Å². The Labute approximate surface area is 115 Å². The van der Waals surface area contributed by atoms with Crippen molar-refractivity contribution in [1.82, 2.24) is 14.9 Å². The molecule has 1 aliphatic carbocycles. The van der Waals surface area contributed by atoms with E-state index in [4.69, 9.17) is 4.74 Å². The van der Waals surface area contributed by atoms with Crippen molar-refractivity contribution in [1.29, 1.82) is 0 Å². The second-order valence-electron chi connectivity index (χ2n) is 5.64. The van der Waals surface area contributed by atoms with Crippen LogP contribution in [-0.4, -0.2) is 70.5 Å². The molecule has 2 unspecified atom stereocenters. The van der Waals surface area contributed by atoms with Gasteiger partial charge in [-0.25, -0.2) is 13.1 Å². The molecular weight excluding hydrogens is 266 g/mol. The molecule has 2 N–H and O–H groups in total. The number of morpholine rings is 1. The minimum absolute atomic E-state index is 0.0443. The van der Waals surface area contributed by atoms with E-state index in [0.717, 1.165) is 13.1 Å². The van der Waals surface area contributed by atoms with Crippen LogP contribution >= 0.6 is 0 Å². The minimum atomic E-state index is -3.26. The van der Waals surface area contributed by atoms with E-state index in [0.29, 0.717) is 25.7 Å². The van der Waals surface area contributed by atoms with Crippen LogP contribution in [0.4, 0.5) is 0 Å². The predicted octanol–water partition coefficient (Wildman–Crippen LogP) is -0.623. The molecule has 0 aromatic carbocycles. The highest BCUT2D eigenvalue weighted by Gasteiger charge is 2.27. The molecule has 112 valence electrons. The van der Waals surface area contributed by atoms with Gasteiger partial charge in [0.2, 0.25) is 10.0 Å². The normalized spacial score (nSPS) is 27.4. The Morgan fingerprint density at radius 1 is 1.42 bits per heavy atom. The van der Waals surface area contributed by atoms with Crippen LogP contribution in [0.25, 0.3) is 0 Å². The van der Waals surface area contributed by atoms with E-state index in [1.807, 2.05) is 7.05 Å². The molecule has 0 aromatic heterocycles. The Bertz CT molecular complexity index is 384. The van der Waals surface area contributed by atoms with Gasteiger partial charge >= 0.3 is 0 Å². The molecular formula is C12H25N3O3S. The Morgan fingerprint density at radius 3 is 2.79 bits per heavy atom. The molecule has 1 heterocycles. The average Bonchev–Trinajstić information content (AvgIpc) is 3.18. The molecule has 0 aromatic rings. The van der Waals surface area contributed by atoms with Gasteiger partial charge in [0.15, 0.2) is 0 Å². The van der Waals surface area contributed by atoms with Crippen molar-refractivity contribution in [2.45, 2.75) is 37.2 Å². The molecule has 6 nitrogen and oxygen atoms in total. The second kappa shape index (κ2) is 6.49. The van der Waals surface area contributed by atoms with Gasteiger partial charge < -0.3 is 15.0 Å². The van der Waals surface area contributed by atoms with Crippen molar-refractivity contribution in [2.75, 3.05) is 39.8 Å². The van der Waals surface area contributed by atoms with Gasteiger partial charge in [-0.3, -0.25) is 0 Å². The van der Waals surface area contributed by atoms with Crippen molar-refractivity contribution in [3.63, 3.8) is 0 Å². The Hall–Kier alpha value is -0.210. The first-order chi connectivity index (χ1) is 8.97. The zero-order chi connectivity index (χ0) is 13.9. The number of hydrogen-bond donors (Lipinski definition) is 2. The Kier molecular flexibility index (Phi) is 5.19. The first-order valence-electron chi connectivity index (χ1n) is 6.99. The van der Waals surface area contributed by atoms with Crippen molar-refractivity contribution in [2.24, 2.45) is 0 Å². The molecule has 1 saturated carbocycles. The molecule has 1 aliphatic heterocycles. The van der Waals surface area contributed by atoms with Crippen LogP contribution in [0.5, 0.6) is 0 Å². The zero-order valence-electron chi connectivity index (χ0n) is 11.8. The summed E-state index contributed by atoms with van der Waals surface area (Å²) in [5.74, 6) is 0. The lowest BCUT2D eigenvalue weighted by Crippen LogP contribution is -2.48. The Morgan fingerprint density at radius 2 is 2.16 bits per heavy atom. The SMILES string of the molecule is CC(CNC1CC1)S(=O)(=O)NCC1CN(C)CCO1. The lowest BCUT2D eigenvalue weighted by atomic mass is 10.3. The van der Waals surface area contributed by atoms with Gasteiger partial charge in [-0.05, 0) is 26.8 Å². The molecule has 0 amide bonds. The number of ether oxygens (including phenoxy) is 1. The molecule has 2 aliphatic rings. The van der Waals surface area contributed by atoms with E-state index in [2.05, 4.69) is 14.9 Å². The number of hydrogen-bond acceptors (Lipinski definition) is 5. The largest absolute Gasteiger partial charge is 0.374 e. The maximum atomic E-state index is 12.1. The third-order valence-electron chi connectivity index (χ3n) is 3.66. The highest BCUT2D eigenvalue weighted by Crippen LogP contribution is 2.18. The maximum absolute atomic E-state index is 12.1. The third-order valence-corrected chi connectivity index (χ3v) is 5.45. The topological polar surface area (TPSA) is 70.7 Å². The fourth-order valence-corrected chi connectivity index (χ4v) is 3.09. The summed E-state index contributed by atoms with van der Waals surface area (Å²) in [5, 5.41) is 2.84. The first kappa shape index (κ1) is 15.2. The first-order valence-corrected chi connectivity index (χ1v) is 8.54. The number of sulfonamides is 1. The smallest absolute Gasteiger partial charge is 0.215 e. The van der Waals surface area contributed by atoms with Crippen LogP contribution in [0.1, 0.15) is 19.8 Å². The van der Waals surface area contributed by atoms with Crippen molar-refractivity contribution in [3.05, 3.63) is 0 Å². The summed E-state index contributed by atoms with van der Waals surface area (Å²) in [7, 11) is -1.24. The number of likely N-dealkylation sites (N-methyl/N-ethyl adjacent to an activating group) is 1. The molecule has 1 saturated heterocycles. The van der Waals surface area contributed by atoms with E-state index >= 15 is 0 Å². The number of rotatable bonds is 7. The summed E-state index contributed by atoms with van der Waals surface area (Å²) >= 11 is 0. The van der Waals surface area contributed by atoms with Gasteiger partial charge in [-0.15, -0.1) is 0 Å². The number of nitrogens with zero attached hydrogens (tertiary/aromatic N) is 1. The predicted molar refractivity (Wildman–Crippen MR) is 74.6 cm³/mol. The third kappa shape index (κ3) is 5.00. The van der Waals surface area contributed by atoms with Crippen LogP contribution in [0.2, 0.25) is 0 Å². The Balaban J connectivity index is 1.72. The second-order valence-corrected chi connectivity index (χ2v) is 7.83. The monoisotopic (exact) mass is 291 g/mol. The summed E-state index contributed by atoms with van der Waals surface area (Å²) in [6.45, 7) is 4.97. The standard InChI is InChI=1S/C12H25N3O3S/c1-10(7-13-11-3-4-11)19(16,17)14-8-12-9-15(2)5-6-18-12/h10-14H,3-9H2,1-2H3. The fraction of sp³-hybridized carbons (Fsp3) is 1.00. The summed E-state index contributed by atoms with van der Waals surface area (Å²) in [4.78, 5) is 2.15. The molecule has 19 heavy (non-hydrogen) atoms. The lowest BCUT2D eigenvalue weighted by molar-refractivity contribution is -0.0156. The summed E-state index contributed by atoms with van der Waals surface area (Å²) < 4.78 is 32.4. The molecule has 2 rings (SSSR count). The van der Waals surface area contributed by atoms with Crippen molar-refractivity contribution >= 4 is 10.0 Å². The van der Waals surface area contributed by atoms with Gasteiger partial charge in [0.1, 0.15) is 0 Å². The quantitative estimate of drug-likeness (QED) is 0.654. The van der Waals surface area contributed by atoms with Crippen LogP contribution in [0, 0.1) is 0 Å². The molecule has 2 fully saturated rings. The minimum Gasteiger partial charge on any atom is -0.374 e. The summed E-state index contributed by atoms with van der Waals surface area (Å²) in [6.07, 6.45) is 2.29. The van der Waals surface area contributed by atoms with Gasteiger partial charge in [0.25, 0.3) is 0 Å². The lowest BCUT2D eigenvalue weighted by Gasteiger charge is -2.30. The van der Waals surface area contributed by atoms with Gasteiger partial charge in [-0.1, -0.05) is 0 Å². The van der Waals surface area contributed by atoms with E-state index in [-0.39, 0.29) is 6.10 Å².